The molecule has 0 aliphatic heterocycles. The Morgan fingerprint density at radius 1 is 1.24 bits per heavy atom. The van der Waals surface area contributed by atoms with Gasteiger partial charge in [-0.05, 0) is 55.5 Å². The van der Waals surface area contributed by atoms with Crippen LogP contribution in [0.1, 0.15) is 44.0 Å². The number of carbonyl (C=O) groups excluding carboxylic acids is 1. The van der Waals surface area contributed by atoms with Crippen molar-refractivity contribution in [3.8, 4) is 5.75 Å². The number of benzene rings is 1. The van der Waals surface area contributed by atoms with E-state index in [9.17, 15) is 18.4 Å². The number of aromatic carboxylic acids is 1. The number of rotatable bonds is 4. The summed E-state index contributed by atoms with van der Waals surface area (Å²) in [5.41, 5.74) is 7.44. The van der Waals surface area contributed by atoms with Gasteiger partial charge in [-0.25, -0.2) is 4.79 Å². The van der Waals surface area contributed by atoms with Crippen molar-refractivity contribution in [2.24, 2.45) is 0 Å². The number of halogens is 2. The molecule has 1 aliphatic rings. The molecule has 0 saturated carbocycles. The zero-order chi connectivity index (χ0) is 18.4. The van der Waals surface area contributed by atoms with E-state index >= 15 is 0 Å². The summed E-state index contributed by atoms with van der Waals surface area (Å²) in [4.78, 5) is 22.2. The fourth-order valence-corrected chi connectivity index (χ4v) is 3.70. The second-order valence-corrected chi connectivity index (χ2v) is 6.46. The van der Waals surface area contributed by atoms with E-state index in [2.05, 4.69) is 4.74 Å². The molecule has 1 heterocycles. The predicted octanol–water partition coefficient (Wildman–Crippen LogP) is 4.01. The number of hydrogen-bond donors (Lipinski definition) is 2. The Labute approximate surface area is 147 Å². The Bertz CT molecular complexity index is 744. The number of alkyl halides is 2. The minimum Gasteiger partial charge on any atom is -0.478 e. The van der Waals surface area contributed by atoms with Gasteiger partial charge in [0.2, 0.25) is 0 Å². The largest absolute Gasteiger partial charge is 0.478 e. The van der Waals surface area contributed by atoms with Crippen molar-refractivity contribution >= 4 is 28.6 Å². The number of carboxylic acids is 1. The van der Waals surface area contributed by atoms with E-state index < -0.39 is 12.6 Å². The van der Waals surface area contributed by atoms with Gasteiger partial charge < -0.3 is 15.6 Å². The molecule has 25 heavy (non-hydrogen) atoms. The van der Waals surface area contributed by atoms with Crippen LogP contribution in [0.2, 0.25) is 0 Å². The van der Waals surface area contributed by atoms with Gasteiger partial charge in [0.05, 0.1) is 5.56 Å². The summed E-state index contributed by atoms with van der Waals surface area (Å²) in [5.74, 6) is -0.826. The average molecular weight is 369 g/mol. The molecule has 8 heteroatoms. The first-order valence-corrected chi connectivity index (χ1v) is 8.37. The predicted molar refractivity (Wildman–Crippen MR) is 90.8 cm³/mol. The standard InChI is InChI=1S/C9H11NO2S.C8H6F2O2/c10-8-7(9(11)12)5-3-1-2-4-6(5)13-8;9-8(10)12-7-3-1-6(5-11)2-4-7/h1-4,10H2,(H,11,12);1-5,8H. The Hall–Kier alpha value is -2.48. The Balaban J connectivity index is 0.000000181. The third kappa shape index (κ3) is 4.99. The lowest BCUT2D eigenvalue weighted by Gasteiger charge is -2.10. The van der Waals surface area contributed by atoms with Crippen LogP contribution < -0.4 is 10.5 Å². The summed E-state index contributed by atoms with van der Waals surface area (Å²) in [5, 5.41) is 9.41. The normalized spacial score (nSPS) is 12.8. The molecule has 3 N–H and O–H groups in total. The number of fused-ring (bicyclic) bond motifs is 1. The van der Waals surface area contributed by atoms with Gasteiger partial charge in [0, 0.05) is 10.4 Å². The summed E-state index contributed by atoms with van der Waals surface area (Å²) < 4.78 is 27.3. The van der Waals surface area contributed by atoms with Crippen molar-refractivity contribution < 1.29 is 28.2 Å². The molecule has 1 aromatic heterocycles. The SMILES string of the molecule is Nc1sc2c(c1C(=O)O)CCCC2.O=Cc1ccc(OC(F)F)cc1. The lowest BCUT2D eigenvalue weighted by atomic mass is 9.96. The van der Waals surface area contributed by atoms with Crippen LogP contribution in [0.4, 0.5) is 13.8 Å². The van der Waals surface area contributed by atoms with Crippen molar-refractivity contribution in [3.05, 3.63) is 45.8 Å². The molecule has 0 fully saturated rings. The van der Waals surface area contributed by atoms with E-state index in [-0.39, 0.29) is 5.75 Å². The molecule has 3 rings (SSSR count). The number of aldehydes is 1. The average Bonchev–Trinajstić information content (AvgIpc) is 2.91. The van der Waals surface area contributed by atoms with Crippen LogP contribution >= 0.6 is 11.3 Å². The number of hydrogen-bond acceptors (Lipinski definition) is 5. The summed E-state index contributed by atoms with van der Waals surface area (Å²) in [7, 11) is 0. The third-order valence-electron chi connectivity index (χ3n) is 3.65. The maximum absolute atomic E-state index is 11.6. The highest BCUT2D eigenvalue weighted by Crippen LogP contribution is 2.35. The molecule has 0 saturated heterocycles. The summed E-state index contributed by atoms with van der Waals surface area (Å²) in [6.45, 7) is -2.83. The molecule has 134 valence electrons. The monoisotopic (exact) mass is 369 g/mol. The van der Waals surface area contributed by atoms with Gasteiger partial charge in [0.15, 0.2) is 0 Å². The van der Waals surface area contributed by atoms with Crippen LogP contribution in [0.3, 0.4) is 0 Å². The van der Waals surface area contributed by atoms with E-state index in [0.29, 0.717) is 22.4 Å². The summed E-state index contributed by atoms with van der Waals surface area (Å²) >= 11 is 1.44. The van der Waals surface area contributed by atoms with Crippen LogP contribution in [-0.2, 0) is 12.8 Å². The van der Waals surface area contributed by atoms with Gasteiger partial charge in [-0.1, -0.05) is 0 Å². The molecule has 0 amide bonds. The number of carbonyl (C=O) groups is 2. The van der Waals surface area contributed by atoms with Gasteiger partial charge in [-0.3, -0.25) is 4.79 Å². The number of thiophene rings is 1. The highest BCUT2D eigenvalue weighted by molar-refractivity contribution is 7.16. The maximum Gasteiger partial charge on any atom is 0.387 e. The van der Waals surface area contributed by atoms with E-state index in [1.165, 1.54) is 40.5 Å². The van der Waals surface area contributed by atoms with Gasteiger partial charge in [0.25, 0.3) is 0 Å². The number of nitrogens with two attached hydrogens (primary N) is 1. The number of nitrogen functional groups attached to an aromatic ring is 1. The fraction of sp³-hybridized carbons (Fsp3) is 0.294. The molecular formula is C17H17F2NO4S. The molecule has 5 nitrogen and oxygen atoms in total. The second-order valence-electron chi connectivity index (χ2n) is 5.32. The minimum atomic E-state index is -2.83. The third-order valence-corrected chi connectivity index (χ3v) is 4.77. The minimum absolute atomic E-state index is 0.0515. The molecule has 1 aromatic carbocycles. The van der Waals surface area contributed by atoms with E-state index in [0.717, 1.165) is 31.2 Å². The number of ether oxygens (including phenoxy) is 1. The molecule has 1 aliphatic carbocycles. The lowest BCUT2D eigenvalue weighted by molar-refractivity contribution is -0.0498. The van der Waals surface area contributed by atoms with Crippen molar-refractivity contribution in [3.63, 3.8) is 0 Å². The molecular weight excluding hydrogens is 352 g/mol. The molecule has 0 bridgehead atoms. The fourth-order valence-electron chi connectivity index (χ4n) is 2.55. The van der Waals surface area contributed by atoms with Crippen LogP contribution in [0, 0.1) is 0 Å². The first-order chi connectivity index (χ1) is 11.9. The second kappa shape index (κ2) is 8.57. The van der Waals surface area contributed by atoms with Crippen molar-refractivity contribution in [2.75, 3.05) is 5.73 Å². The first kappa shape index (κ1) is 18.9. The maximum atomic E-state index is 11.6. The summed E-state index contributed by atoms with van der Waals surface area (Å²) in [6.07, 6.45) is 4.75. The van der Waals surface area contributed by atoms with Gasteiger partial charge in [-0.2, -0.15) is 8.78 Å². The Morgan fingerprint density at radius 3 is 2.44 bits per heavy atom. The summed E-state index contributed by atoms with van der Waals surface area (Å²) in [6, 6.07) is 5.45. The molecule has 0 radical (unpaired) electrons. The topological polar surface area (TPSA) is 89.6 Å². The quantitative estimate of drug-likeness (QED) is 0.795. The highest BCUT2D eigenvalue weighted by atomic mass is 32.1. The van der Waals surface area contributed by atoms with Crippen molar-refractivity contribution in [2.45, 2.75) is 32.3 Å². The molecule has 0 atom stereocenters. The number of aryl methyl sites for hydroxylation is 1. The smallest absolute Gasteiger partial charge is 0.387 e. The Morgan fingerprint density at radius 2 is 1.88 bits per heavy atom. The van der Waals surface area contributed by atoms with Crippen LogP contribution in [0.25, 0.3) is 0 Å². The Kier molecular flexibility index (Phi) is 6.46. The molecule has 2 aromatic rings. The molecule has 0 unspecified atom stereocenters. The highest BCUT2D eigenvalue weighted by Gasteiger charge is 2.23. The van der Waals surface area contributed by atoms with Crippen molar-refractivity contribution in [1.29, 1.82) is 0 Å². The van der Waals surface area contributed by atoms with Gasteiger partial charge >= 0.3 is 12.6 Å². The van der Waals surface area contributed by atoms with E-state index in [1.807, 2.05) is 0 Å². The first-order valence-electron chi connectivity index (χ1n) is 7.55. The van der Waals surface area contributed by atoms with Crippen LogP contribution in [0.5, 0.6) is 5.75 Å². The molecule has 0 spiro atoms. The van der Waals surface area contributed by atoms with E-state index in [1.54, 1.807) is 0 Å². The van der Waals surface area contributed by atoms with Crippen LogP contribution in [-0.4, -0.2) is 24.0 Å². The zero-order valence-electron chi connectivity index (χ0n) is 13.2. The number of carboxylic acid groups (broad SMARTS) is 1. The lowest BCUT2D eigenvalue weighted by Crippen LogP contribution is -2.06. The van der Waals surface area contributed by atoms with Crippen LogP contribution in [0.15, 0.2) is 24.3 Å². The zero-order valence-corrected chi connectivity index (χ0v) is 14.0. The van der Waals surface area contributed by atoms with Gasteiger partial charge in [0.1, 0.15) is 17.0 Å². The van der Waals surface area contributed by atoms with Gasteiger partial charge in [-0.15, -0.1) is 11.3 Å². The number of anilines is 1. The van der Waals surface area contributed by atoms with E-state index in [4.69, 9.17) is 10.8 Å². The van der Waals surface area contributed by atoms with Crippen molar-refractivity contribution in [1.82, 2.24) is 0 Å².